The molecule has 0 aliphatic carbocycles. The molecule has 0 saturated carbocycles. The molecule has 0 bridgehead atoms. The van der Waals surface area contributed by atoms with Gasteiger partial charge in [0.05, 0.1) is 6.10 Å². The number of rotatable bonds is 2. The summed E-state index contributed by atoms with van der Waals surface area (Å²) in [7, 11) is 0. The summed E-state index contributed by atoms with van der Waals surface area (Å²) >= 11 is 1.76. The number of thioether (sulfide) groups is 1. The maximum Gasteiger partial charge on any atom is 0.129 e. The Morgan fingerprint density at radius 1 is 1.44 bits per heavy atom. The van der Waals surface area contributed by atoms with Gasteiger partial charge in [0.2, 0.25) is 0 Å². The summed E-state index contributed by atoms with van der Waals surface area (Å²) < 4.78 is 13.6. The molecule has 2 unspecified atom stereocenters. The van der Waals surface area contributed by atoms with Crippen LogP contribution in [0.1, 0.15) is 36.5 Å². The van der Waals surface area contributed by atoms with Gasteiger partial charge in [0.15, 0.2) is 0 Å². The summed E-state index contributed by atoms with van der Waals surface area (Å²) in [5, 5.41) is 10.3. The lowest BCUT2D eigenvalue weighted by atomic mass is 10.00. The third-order valence-electron chi connectivity index (χ3n) is 3.04. The average Bonchev–Trinajstić information content (AvgIpc) is 2.32. The fraction of sp³-hybridized carbons (Fsp3) is 0.538. The molecule has 0 aromatic heterocycles. The van der Waals surface area contributed by atoms with Crippen molar-refractivity contribution >= 4 is 11.8 Å². The van der Waals surface area contributed by atoms with Gasteiger partial charge >= 0.3 is 0 Å². The van der Waals surface area contributed by atoms with Crippen LogP contribution in [0.25, 0.3) is 0 Å². The van der Waals surface area contributed by atoms with Crippen molar-refractivity contribution in [1.82, 2.24) is 0 Å². The Kier molecular flexibility index (Phi) is 3.87. The quantitative estimate of drug-likeness (QED) is 0.854. The van der Waals surface area contributed by atoms with Crippen LogP contribution in [0.3, 0.4) is 0 Å². The van der Waals surface area contributed by atoms with Crippen molar-refractivity contribution in [2.75, 3.05) is 5.75 Å². The molecule has 0 spiro atoms. The molecule has 1 aromatic carbocycles. The minimum absolute atomic E-state index is 0.157. The van der Waals surface area contributed by atoms with Gasteiger partial charge in [-0.15, -0.1) is 0 Å². The van der Waals surface area contributed by atoms with E-state index in [1.807, 2.05) is 6.92 Å². The fourth-order valence-electron chi connectivity index (χ4n) is 2.10. The van der Waals surface area contributed by atoms with Gasteiger partial charge in [-0.2, -0.15) is 11.8 Å². The van der Waals surface area contributed by atoms with E-state index >= 15 is 0 Å². The van der Waals surface area contributed by atoms with Gasteiger partial charge in [-0.05, 0) is 31.6 Å². The first-order valence-corrected chi connectivity index (χ1v) is 6.79. The maximum atomic E-state index is 13.6. The van der Waals surface area contributed by atoms with E-state index in [2.05, 4.69) is 0 Å². The van der Waals surface area contributed by atoms with Crippen molar-refractivity contribution in [3.63, 3.8) is 0 Å². The molecular weight excluding hydrogens is 223 g/mol. The molecule has 1 heterocycles. The van der Waals surface area contributed by atoms with Gasteiger partial charge in [-0.25, -0.2) is 4.39 Å². The number of aryl methyl sites for hydroxylation is 1. The highest BCUT2D eigenvalue weighted by atomic mass is 32.2. The molecule has 0 radical (unpaired) electrons. The second-order valence-corrected chi connectivity index (χ2v) is 5.72. The third kappa shape index (κ3) is 2.58. The van der Waals surface area contributed by atoms with Crippen LogP contribution >= 0.6 is 11.8 Å². The number of hydrogen-bond donors (Lipinski definition) is 1. The van der Waals surface area contributed by atoms with Crippen LogP contribution in [0, 0.1) is 12.7 Å². The van der Waals surface area contributed by atoms with Crippen LogP contribution in [-0.2, 0) is 0 Å². The van der Waals surface area contributed by atoms with Crippen LogP contribution in [0.4, 0.5) is 4.39 Å². The molecule has 16 heavy (non-hydrogen) atoms. The summed E-state index contributed by atoms with van der Waals surface area (Å²) in [4.78, 5) is 0. The summed E-state index contributed by atoms with van der Waals surface area (Å²) in [6, 6.07) is 4.94. The Morgan fingerprint density at radius 3 is 2.94 bits per heavy atom. The molecule has 2 rings (SSSR count). The summed E-state index contributed by atoms with van der Waals surface area (Å²) in [5.41, 5.74) is 1.45. The standard InChI is InChI=1S/C13H17FOS/c1-9-5-6-11(14)10(8-9)13(15)12-4-2-3-7-16-12/h5-6,8,12-13,15H,2-4,7H2,1H3. The summed E-state index contributed by atoms with van der Waals surface area (Å²) in [6.07, 6.45) is 2.68. The fourth-order valence-corrected chi connectivity index (χ4v) is 3.44. The molecule has 1 aliphatic rings. The molecular formula is C13H17FOS. The van der Waals surface area contributed by atoms with Gasteiger partial charge in [0, 0.05) is 10.8 Å². The zero-order chi connectivity index (χ0) is 11.5. The minimum atomic E-state index is -0.662. The van der Waals surface area contributed by atoms with Crippen LogP contribution in [0.15, 0.2) is 18.2 Å². The SMILES string of the molecule is Cc1ccc(F)c(C(O)C2CCCCS2)c1. The van der Waals surface area contributed by atoms with Crippen LogP contribution in [0.5, 0.6) is 0 Å². The van der Waals surface area contributed by atoms with Gasteiger partial charge in [0.1, 0.15) is 5.82 Å². The van der Waals surface area contributed by atoms with E-state index in [1.165, 1.54) is 12.5 Å². The molecule has 1 aromatic rings. The van der Waals surface area contributed by atoms with E-state index in [-0.39, 0.29) is 11.1 Å². The van der Waals surface area contributed by atoms with E-state index in [0.717, 1.165) is 24.2 Å². The van der Waals surface area contributed by atoms with Crippen LogP contribution in [-0.4, -0.2) is 16.1 Å². The first-order valence-electron chi connectivity index (χ1n) is 5.74. The highest BCUT2D eigenvalue weighted by molar-refractivity contribution is 7.99. The number of benzene rings is 1. The number of halogens is 1. The molecule has 3 heteroatoms. The Morgan fingerprint density at radius 2 is 2.25 bits per heavy atom. The lowest BCUT2D eigenvalue weighted by Crippen LogP contribution is -2.20. The number of aliphatic hydroxyl groups is 1. The molecule has 1 saturated heterocycles. The second-order valence-electron chi connectivity index (χ2n) is 4.37. The van der Waals surface area contributed by atoms with E-state index in [9.17, 15) is 9.50 Å². The van der Waals surface area contributed by atoms with Crippen molar-refractivity contribution in [1.29, 1.82) is 0 Å². The predicted octanol–water partition coefficient (Wildman–Crippen LogP) is 3.45. The van der Waals surface area contributed by atoms with E-state index in [0.29, 0.717) is 5.56 Å². The van der Waals surface area contributed by atoms with Gasteiger partial charge in [-0.3, -0.25) is 0 Å². The molecule has 2 atom stereocenters. The van der Waals surface area contributed by atoms with Crippen molar-refractivity contribution in [2.24, 2.45) is 0 Å². The lowest BCUT2D eigenvalue weighted by Gasteiger charge is -2.26. The smallest absolute Gasteiger partial charge is 0.129 e. The molecule has 1 fully saturated rings. The predicted molar refractivity (Wildman–Crippen MR) is 66.2 cm³/mol. The maximum absolute atomic E-state index is 13.6. The summed E-state index contributed by atoms with van der Waals surface area (Å²) in [5.74, 6) is 0.791. The van der Waals surface area contributed by atoms with Gasteiger partial charge in [-0.1, -0.05) is 24.1 Å². The third-order valence-corrected chi connectivity index (χ3v) is 4.48. The lowest BCUT2D eigenvalue weighted by molar-refractivity contribution is 0.164. The zero-order valence-corrected chi connectivity index (χ0v) is 10.3. The highest BCUT2D eigenvalue weighted by Crippen LogP contribution is 2.35. The first kappa shape index (κ1) is 11.9. The molecule has 1 aliphatic heterocycles. The second kappa shape index (κ2) is 5.19. The minimum Gasteiger partial charge on any atom is -0.387 e. The molecule has 1 N–H and O–H groups in total. The zero-order valence-electron chi connectivity index (χ0n) is 9.45. The first-order chi connectivity index (χ1) is 7.68. The van der Waals surface area contributed by atoms with E-state index in [1.54, 1.807) is 23.9 Å². The van der Waals surface area contributed by atoms with Crippen molar-refractivity contribution in [3.8, 4) is 0 Å². The Hall–Kier alpha value is -0.540. The monoisotopic (exact) mass is 240 g/mol. The Bertz CT molecular complexity index is 361. The van der Waals surface area contributed by atoms with Crippen LogP contribution < -0.4 is 0 Å². The summed E-state index contributed by atoms with van der Waals surface area (Å²) in [6.45, 7) is 1.92. The topological polar surface area (TPSA) is 20.2 Å². The molecule has 0 amide bonds. The van der Waals surface area contributed by atoms with Crippen LogP contribution in [0.2, 0.25) is 0 Å². The number of hydrogen-bond acceptors (Lipinski definition) is 2. The van der Waals surface area contributed by atoms with Gasteiger partial charge < -0.3 is 5.11 Å². The van der Waals surface area contributed by atoms with Gasteiger partial charge in [0.25, 0.3) is 0 Å². The normalized spacial score (nSPS) is 23.1. The van der Waals surface area contributed by atoms with Crippen molar-refractivity contribution in [3.05, 3.63) is 35.1 Å². The Labute approximate surface area is 100 Å². The van der Waals surface area contributed by atoms with E-state index in [4.69, 9.17) is 0 Å². The largest absolute Gasteiger partial charge is 0.387 e. The number of aliphatic hydroxyl groups excluding tert-OH is 1. The highest BCUT2D eigenvalue weighted by Gasteiger charge is 2.25. The van der Waals surface area contributed by atoms with Crippen molar-refractivity contribution < 1.29 is 9.50 Å². The molecule has 88 valence electrons. The Balaban J connectivity index is 2.18. The van der Waals surface area contributed by atoms with E-state index < -0.39 is 6.10 Å². The average molecular weight is 240 g/mol. The van der Waals surface area contributed by atoms with Crippen molar-refractivity contribution in [2.45, 2.75) is 37.5 Å². The molecule has 1 nitrogen and oxygen atoms in total.